The summed E-state index contributed by atoms with van der Waals surface area (Å²) in [5, 5.41) is 13.5. The summed E-state index contributed by atoms with van der Waals surface area (Å²) in [6, 6.07) is 22.7. The van der Waals surface area contributed by atoms with E-state index in [0.717, 1.165) is 44.1 Å². The van der Waals surface area contributed by atoms with Crippen LogP contribution >= 0.6 is 11.8 Å². The maximum Gasteiger partial charge on any atom is 0.327 e. The molecule has 0 saturated carbocycles. The molecule has 6 nitrogen and oxygen atoms in total. The van der Waals surface area contributed by atoms with E-state index in [4.69, 9.17) is 4.74 Å². The van der Waals surface area contributed by atoms with Crippen LogP contribution < -0.4 is 10.3 Å². The number of thioether (sulfide) groups is 1. The highest BCUT2D eigenvalue weighted by atomic mass is 32.2. The molecule has 0 bridgehead atoms. The zero-order valence-corrected chi connectivity index (χ0v) is 19.8. The van der Waals surface area contributed by atoms with Crippen molar-refractivity contribution in [2.45, 2.75) is 17.7 Å². The Labute approximate surface area is 205 Å². The first-order valence-corrected chi connectivity index (χ1v) is 12.3. The lowest BCUT2D eigenvalue weighted by molar-refractivity contribution is -0.140. The monoisotopic (exact) mass is 482 g/mol. The summed E-state index contributed by atoms with van der Waals surface area (Å²) < 4.78 is 9.77. The summed E-state index contributed by atoms with van der Waals surface area (Å²) >= 11 is 1.41. The van der Waals surface area contributed by atoms with Gasteiger partial charge in [0.25, 0.3) is 5.56 Å². The van der Waals surface area contributed by atoms with Gasteiger partial charge in [-0.25, -0.2) is 4.79 Å². The molecule has 5 aromatic rings. The predicted molar refractivity (Wildman–Crippen MR) is 138 cm³/mol. The minimum atomic E-state index is -0.998. The van der Waals surface area contributed by atoms with E-state index >= 15 is 0 Å². The van der Waals surface area contributed by atoms with Gasteiger partial charge in [-0.2, -0.15) is 0 Å². The van der Waals surface area contributed by atoms with Gasteiger partial charge in [-0.1, -0.05) is 54.6 Å². The summed E-state index contributed by atoms with van der Waals surface area (Å²) in [6.07, 6.45) is 2.04. The Kier molecular flexibility index (Phi) is 5.15. The molecule has 0 spiro atoms. The first-order valence-electron chi connectivity index (χ1n) is 11.3. The molecule has 3 heterocycles. The van der Waals surface area contributed by atoms with Gasteiger partial charge in [0.05, 0.1) is 5.03 Å². The van der Waals surface area contributed by atoms with E-state index in [1.54, 1.807) is 0 Å². The van der Waals surface area contributed by atoms with E-state index in [0.29, 0.717) is 10.8 Å². The van der Waals surface area contributed by atoms with Crippen molar-refractivity contribution >= 4 is 39.4 Å². The molecular formula is C28H22N2O4S. The molecule has 35 heavy (non-hydrogen) atoms. The molecule has 1 atom stereocenters. The first kappa shape index (κ1) is 21.6. The number of nitrogens with zero attached hydrogens (tertiary/aromatic N) is 2. The van der Waals surface area contributed by atoms with E-state index in [2.05, 4.69) is 10.6 Å². The Morgan fingerprint density at radius 2 is 1.80 bits per heavy atom. The van der Waals surface area contributed by atoms with Gasteiger partial charge in [0, 0.05) is 58.0 Å². The number of aromatic nitrogens is 2. The molecular weight excluding hydrogens is 460 g/mol. The summed E-state index contributed by atoms with van der Waals surface area (Å²) in [4.78, 5) is 25.0. The van der Waals surface area contributed by atoms with Crippen molar-refractivity contribution in [1.29, 1.82) is 0 Å². The topological polar surface area (TPSA) is 73.5 Å². The number of benzene rings is 3. The highest BCUT2D eigenvalue weighted by molar-refractivity contribution is 7.99. The van der Waals surface area contributed by atoms with Crippen molar-refractivity contribution in [1.82, 2.24) is 9.13 Å². The molecule has 174 valence electrons. The average molecular weight is 483 g/mol. The van der Waals surface area contributed by atoms with Crippen LogP contribution in [0.3, 0.4) is 0 Å². The van der Waals surface area contributed by atoms with Gasteiger partial charge in [-0.15, -0.1) is 11.8 Å². The number of carboxylic acid groups (broad SMARTS) is 1. The highest BCUT2D eigenvalue weighted by Crippen LogP contribution is 2.43. The molecule has 0 saturated heterocycles. The molecule has 0 amide bonds. The second-order valence-electron chi connectivity index (χ2n) is 8.66. The van der Waals surface area contributed by atoms with Crippen LogP contribution in [0.1, 0.15) is 11.6 Å². The number of hydrogen-bond donors (Lipinski definition) is 1. The summed E-state index contributed by atoms with van der Waals surface area (Å²) in [5.41, 5.74) is 3.30. The Balaban J connectivity index is 1.54. The van der Waals surface area contributed by atoms with Crippen LogP contribution in [-0.2, 0) is 18.4 Å². The fourth-order valence-corrected chi connectivity index (χ4v) is 6.27. The normalized spacial score (nSPS) is 14.9. The maximum atomic E-state index is 13.1. The highest BCUT2D eigenvalue weighted by Gasteiger charge is 2.34. The van der Waals surface area contributed by atoms with E-state index in [1.165, 1.54) is 22.4 Å². The van der Waals surface area contributed by atoms with Gasteiger partial charge < -0.3 is 14.4 Å². The molecule has 1 N–H and O–H groups in total. The van der Waals surface area contributed by atoms with Crippen molar-refractivity contribution in [3.05, 3.63) is 94.9 Å². The lowest BCUT2D eigenvalue weighted by atomic mass is 10.0. The van der Waals surface area contributed by atoms with Gasteiger partial charge in [0.2, 0.25) is 0 Å². The van der Waals surface area contributed by atoms with E-state index in [9.17, 15) is 14.7 Å². The molecule has 6 rings (SSSR count). The summed E-state index contributed by atoms with van der Waals surface area (Å²) in [7, 11) is 1.99. The lowest BCUT2D eigenvalue weighted by Crippen LogP contribution is -2.29. The van der Waals surface area contributed by atoms with Crippen molar-refractivity contribution in [3.63, 3.8) is 0 Å². The van der Waals surface area contributed by atoms with Crippen molar-refractivity contribution in [2.75, 3.05) is 5.75 Å². The number of carbonyl (C=O) groups is 1. The maximum absolute atomic E-state index is 13.1. The second kappa shape index (κ2) is 8.36. The van der Waals surface area contributed by atoms with E-state index in [1.807, 2.05) is 73.9 Å². The van der Waals surface area contributed by atoms with Crippen LogP contribution in [0.5, 0.6) is 5.75 Å². The number of pyridine rings is 1. The second-order valence-corrected chi connectivity index (χ2v) is 9.67. The average Bonchev–Trinajstić information content (AvgIpc) is 3.46. The molecule has 0 fully saturated rings. The molecule has 2 aromatic heterocycles. The molecule has 7 heteroatoms. The number of rotatable bonds is 5. The van der Waals surface area contributed by atoms with Crippen LogP contribution in [0.4, 0.5) is 0 Å². The molecule has 0 aliphatic carbocycles. The van der Waals surface area contributed by atoms with Gasteiger partial charge in [-0.3, -0.25) is 9.36 Å². The summed E-state index contributed by atoms with van der Waals surface area (Å²) in [6.45, 7) is 0.188. The predicted octanol–water partition coefficient (Wildman–Crippen LogP) is 5.47. The van der Waals surface area contributed by atoms with Gasteiger partial charge in [-0.05, 0) is 17.5 Å². The number of para-hydroxylation sites is 1. The van der Waals surface area contributed by atoms with Crippen molar-refractivity contribution in [3.8, 4) is 16.9 Å². The fourth-order valence-electron chi connectivity index (χ4n) is 4.92. The Morgan fingerprint density at radius 1 is 1.06 bits per heavy atom. The Bertz CT molecular complexity index is 1680. The molecule has 1 unspecified atom stereocenters. The van der Waals surface area contributed by atoms with Crippen LogP contribution in [0.2, 0.25) is 0 Å². The number of aryl methyl sites for hydroxylation is 1. The number of carboxylic acids is 1. The standard InChI is InChI=1S/C28H22N2O4S/c1-29-14-21(20-10-4-5-11-22(20)29)26-18(13-25(31)30-23(28(32)33)16-35-27(26)30)15-34-24-12-6-8-17-7-2-3-9-19(17)24/h2-14,23H,15-16H2,1H3,(H,32,33). The Morgan fingerprint density at radius 3 is 2.63 bits per heavy atom. The van der Waals surface area contributed by atoms with Crippen molar-refractivity contribution < 1.29 is 14.6 Å². The third-order valence-electron chi connectivity index (χ3n) is 6.56. The minimum absolute atomic E-state index is 0.188. The minimum Gasteiger partial charge on any atom is -0.488 e. The largest absolute Gasteiger partial charge is 0.488 e. The van der Waals surface area contributed by atoms with Crippen LogP contribution in [0.15, 0.2) is 88.8 Å². The van der Waals surface area contributed by atoms with Gasteiger partial charge >= 0.3 is 5.97 Å². The molecule has 3 aromatic carbocycles. The SMILES string of the molecule is Cn1cc(-c2c(COc3cccc4ccccc34)cc(=O)n3c2SCC3C(=O)O)c2ccccc21. The quantitative estimate of drug-likeness (QED) is 0.360. The number of hydrogen-bond acceptors (Lipinski definition) is 4. The van der Waals surface area contributed by atoms with Crippen molar-refractivity contribution in [2.24, 2.45) is 7.05 Å². The first-order chi connectivity index (χ1) is 17.0. The molecule has 0 radical (unpaired) electrons. The number of ether oxygens (including phenoxy) is 1. The van der Waals surface area contributed by atoms with Gasteiger partial charge in [0.1, 0.15) is 18.4 Å². The van der Waals surface area contributed by atoms with Crippen LogP contribution in [0, 0.1) is 0 Å². The summed E-state index contributed by atoms with van der Waals surface area (Å²) in [5.74, 6) is 0.0568. The van der Waals surface area contributed by atoms with E-state index in [-0.39, 0.29) is 12.2 Å². The smallest absolute Gasteiger partial charge is 0.327 e. The van der Waals surface area contributed by atoms with Crippen LogP contribution in [-0.4, -0.2) is 26.0 Å². The molecule has 1 aliphatic heterocycles. The fraction of sp³-hybridized carbons (Fsp3) is 0.143. The lowest BCUT2D eigenvalue weighted by Gasteiger charge is -2.17. The third kappa shape index (κ3) is 3.51. The zero-order valence-electron chi connectivity index (χ0n) is 19.0. The van der Waals surface area contributed by atoms with Crippen LogP contribution in [0.25, 0.3) is 32.8 Å². The Hall–Kier alpha value is -3.97. The van der Waals surface area contributed by atoms with E-state index < -0.39 is 12.0 Å². The number of fused-ring (bicyclic) bond motifs is 3. The number of aliphatic carboxylic acids is 1. The van der Waals surface area contributed by atoms with Gasteiger partial charge in [0.15, 0.2) is 0 Å². The molecule has 1 aliphatic rings. The third-order valence-corrected chi connectivity index (χ3v) is 7.72. The zero-order chi connectivity index (χ0) is 24.1.